The summed E-state index contributed by atoms with van der Waals surface area (Å²) in [6.45, 7) is -0.0302. The number of hydrogen-bond donors (Lipinski definition) is 3. The van der Waals surface area contributed by atoms with E-state index in [1.807, 2.05) is 0 Å². The van der Waals surface area contributed by atoms with Crippen molar-refractivity contribution in [1.29, 1.82) is 0 Å². The van der Waals surface area contributed by atoms with E-state index in [0.29, 0.717) is 30.2 Å². The van der Waals surface area contributed by atoms with E-state index in [9.17, 15) is 18.3 Å². The van der Waals surface area contributed by atoms with Crippen molar-refractivity contribution >= 4 is 27.0 Å². The minimum absolute atomic E-state index is 0.0134. The Morgan fingerprint density at radius 2 is 2.05 bits per heavy atom. The number of sulfonamides is 1. The second-order valence-corrected chi connectivity index (χ2v) is 6.97. The standard InChI is InChI=1S/C14H16N3O4S/c15-14(19)17-12-3-1-8(7-18)5-10(12)11-6-9(22(16,20)21)2-4-13(11)17/h2,4,6,18H,1,3,5,7H2,(H2,15,19)(H2,16,20,21). The van der Waals surface area contributed by atoms with Gasteiger partial charge in [0, 0.05) is 23.6 Å². The lowest BCUT2D eigenvalue weighted by Crippen LogP contribution is -2.24. The quantitative estimate of drug-likeness (QED) is 0.733. The predicted octanol–water partition coefficient (Wildman–Crippen LogP) is 0.271. The third-order valence-corrected chi connectivity index (χ3v) is 4.98. The number of fused-ring (bicyclic) bond motifs is 3. The van der Waals surface area contributed by atoms with Gasteiger partial charge in [0.15, 0.2) is 0 Å². The summed E-state index contributed by atoms with van der Waals surface area (Å²) in [5, 5.41) is 15.1. The minimum Gasteiger partial charge on any atom is -0.396 e. The summed E-state index contributed by atoms with van der Waals surface area (Å²) in [6, 6.07) is 3.75. The van der Waals surface area contributed by atoms with Crippen molar-refractivity contribution in [3.8, 4) is 0 Å². The summed E-state index contributed by atoms with van der Waals surface area (Å²) in [5.41, 5.74) is 7.62. The molecule has 7 nitrogen and oxygen atoms in total. The molecule has 5 N–H and O–H groups in total. The fourth-order valence-electron chi connectivity index (χ4n) is 3.04. The number of benzene rings is 1. The molecule has 0 saturated heterocycles. The molecule has 1 aliphatic carbocycles. The number of aliphatic hydroxyl groups excluding tert-OH is 1. The van der Waals surface area contributed by atoms with Gasteiger partial charge >= 0.3 is 6.03 Å². The molecule has 117 valence electrons. The number of rotatable bonds is 2. The number of carbonyl (C=O) groups excluding carboxylic acids is 1. The van der Waals surface area contributed by atoms with E-state index in [0.717, 1.165) is 17.2 Å². The van der Waals surface area contributed by atoms with E-state index in [2.05, 4.69) is 0 Å². The van der Waals surface area contributed by atoms with Crippen LogP contribution in [0.15, 0.2) is 23.1 Å². The number of nitrogens with two attached hydrogens (primary N) is 2. The van der Waals surface area contributed by atoms with Gasteiger partial charge in [-0.15, -0.1) is 0 Å². The van der Waals surface area contributed by atoms with Gasteiger partial charge in [0.05, 0.1) is 10.4 Å². The van der Waals surface area contributed by atoms with E-state index in [1.165, 1.54) is 22.8 Å². The summed E-state index contributed by atoms with van der Waals surface area (Å²) in [6.07, 6.45) is 1.75. The van der Waals surface area contributed by atoms with E-state index < -0.39 is 16.1 Å². The van der Waals surface area contributed by atoms with Crippen molar-refractivity contribution in [1.82, 2.24) is 4.57 Å². The largest absolute Gasteiger partial charge is 0.396 e. The predicted molar refractivity (Wildman–Crippen MR) is 80.6 cm³/mol. The molecule has 0 aliphatic heterocycles. The van der Waals surface area contributed by atoms with Crippen LogP contribution in [0.5, 0.6) is 0 Å². The minimum atomic E-state index is -3.83. The maximum atomic E-state index is 11.8. The van der Waals surface area contributed by atoms with Gasteiger partial charge in [-0.2, -0.15) is 0 Å². The van der Waals surface area contributed by atoms with Crippen molar-refractivity contribution in [2.45, 2.75) is 24.2 Å². The number of hydrogen-bond acceptors (Lipinski definition) is 4. The van der Waals surface area contributed by atoms with E-state index in [-0.39, 0.29) is 11.5 Å². The summed E-state index contributed by atoms with van der Waals surface area (Å²) in [7, 11) is -3.83. The van der Waals surface area contributed by atoms with Crippen molar-refractivity contribution < 1.29 is 18.3 Å². The zero-order chi connectivity index (χ0) is 16.1. The zero-order valence-electron chi connectivity index (χ0n) is 11.7. The first-order valence-electron chi connectivity index (χ1n) is 6.76. The number of primary amides is 1. The van der Waals surface area contributed by atoms with Crippen LogP contribution in [-0.2, 0) is 22.9 Å². The van der Waals surface area contributed by atoms with Crippen LogP contribution in [0.4, 0.5) is 4.79 Å². The van der Waals surface area contributed by atoms with Crippen molar-refractivity contribution in [3.63, 3.8) is 0 Å². The highest BCUT2D eigenvalue weighted by Gasteiger charge is 2.27. The first-order valence-corrected chi connectivity index (χ1v) is 8.31. The number of aromatic nitrogens is 1. The molecule has 22 heavy (non-hydrogen) atoms. The number of aliphatic hydroxyl groups is 1. The second kappa shape index (κ2) is 5.08. The van der Waals surface area contributed by atoms with Gasteiger partial charge in [-0.3, -0.25) is 4.57 Å². The molecule has 0 atom stereocenters. The molecule has 1 aromatic heterocycles. The molecule has 3 rings (SSSR count). The smallest absolute Gasteiger partial charge is 0.323 e. The first-order chi connectivity index (χ1) is 10.3. The van der Waals surface area contributed by atoms with Crippen molar-refractivity contribution in [2.24, 2.45) is 10.9 Å². The molecular formula is C14H16N3O4S. The Labute approximate surface area is 127 Å². The fraction of sp³-hybridized carbons (Fsp3) is 0.286. The number of amides is 1. The van der Waals surface area contributed by atoms with Crippen LogP contribution in [0, 0.1) is 5.92 Å². The molecule has 1 heterocycles. The molecule has 1 aromatic carbocycles. The van der Waals surface area contributed by atoms with Gasteiger partial charge in [-0.1, -0.05) is 0 Å². The topological polar surface area (TPSA) is 128 Å². The van der Waals surface area contributed by atoms with Gasteiger partial charge in [0.1, 0.15) is 0 Å². The summed E-state index contributed by atoms with van der Waals surface area (Å²) in [4.78, 5) is 11.8. The third kappa shape index (κ3) is 2.29. The van der Waals surface area contributed by atoms with Crippen molar-refractivity contribution in [2.75, 3.05) is 6.61 Å². The average molecular weight is 322 g/mol. The highest BCUT2D eigenvalue weighted by molar-refractivity contribution is 7.89. The number of primary sulfonamides is 1. The molecule has 1 amide bonds. The Balaban J connectivity index is 2.32. The maximum Gasteiger partial charge on any atom is 0.323 e. The molecule has 1 aliphatic rings. The molecular weight excluding hydrogens is 306 g/mol. The number of carbonyl (C=O) groups is 1. The normalized spacial score (nSPS) is 15.9. The maximum absolute atomic E-state index is 11.8. The van der Waals surface area contributed by atoms with Gasteiger partial charge in [0.25, 0.3) is 0 Å². The summed E-state index contributed by atoms with van der Waals surface area (Å²) in [5.74, 6) is 0.942. The van der Waals surface area contributed by atoms with Gasteiger partial charge in [-0.05, 0) is 43.0 Å². The SMILES string of the molecule is NC(=O)n1c2c(c3cc(S(N)(=O)=O)ccc31)C[C](CO)CC2. The third-order valence-electron chi connectivity index (χ3n) is 4.07. The van der Waals surface area contributed by atoms with E-state index in [1.54, 1.807) is 0 Å². The molecule has 8 heteroatoms. The monoisotopic (exact) mass is 322 g/mol. The Morgan fingerprint density at radius 1 is 1.32 bits per heavy atom. The second-order valence-electron chi connectivity index (χ2n) is 5.41. The fourth-order valence-corrected chi connectivity index (χ4v) is 3.58. The Bertz CT molecular complexity index is 870. The zero-order valence-corrected chi connectivity index (χ0v) is 12.6. The Kier molecular flexibility index (Phi) is 3.47. The lowest BCUT2D eigenvalue weighted by Gasteiger charge is -2.21. The van der Waals surface area contributed by atoms with Crippen LogP contribution in [-0.4, -0.2) is 30.7 Å². The molecule has 0 saturated carbocycles. The lowest BCUT2D eigenvalue weighted by molar-refractivity contribution is 0.250. The molecule has 0 spiro atoms. The van der Waals surface area contributed by atoms with Crippen LogP contribution in [0.2, 0.25) is 0 Å². The van der Waals surface area contributed by atoms with Gasteiger partial charge in [-0.25, -0.2) is 18.4 Å². The lowest BCUT2D eigenvalue weighted by atomic mass is 9.87. The van der Waals surface area contributed by atoms with E-state index >= 15 is 0 Å². The number of nitrogens with zero attached hydrogens (tertiary/aromatic N) is 1. The molecule has 0 unspecified atom stereocenters. The average Bonchev–Trinajstić information content (AvgIpc) is 2.79. The van der Waals surface area contributed by atoms with E-state index in [4.69, 9.17) is 10.9 Å². The molecule has 1 radical (unpaired) electrons. The summed E-state index contributed by atoms with van der Waals surface area (Å²) >= 11 is 0. The van der Waals surface area contributed by atoms with Crippen LogP contribution in [0.1, 0.15) is 17.7 Å². The highest BCUT2D eigenvalue weighted by atomic mass is 32.2. The summed E-state index contributed by atoms with van der Waals surface area (Å²) < 4.78 is 24.5. The molecule has 2 aromatic rings. The van der Waals surface area contributed by atoms with Gasteiger partial charge < -0.3 is 10.8 Å². The van der Waals surface area contributed by atoms with Crippen LogP contribution >= 0.6 is 0 Å². The van der Waals surface area contributed by atoms with Gasteiger partial charge in [0.2, 0.25) is 10.0 Å². The van der Waals surface area contributed by atoms with Crippen LogP contribution in [0.3, 0.4) is 0 Å². The van der Waals surface area contributed by atoms with Crippen LogP contribution in [0.25, 0.3) is 10.9 Å². The first kappa shape index (κ1) is 15.0. The Morgan fingerprint density at radius 3 is 2.64 bits per heavy atom. The van der Waals surface area contributed by atoms with Crippen molar-refractivity contribution in [3.05, 3.63) is 35.4 Å². The van der Waals surface area contributed by atoms with Crippen LogP contribution < -0.4 is 10.9 Å². The molecule has 0 fully saturated rings. The highest BCUT2D eigenvalue weighted by Crippen LogP contribution is 2.35. The Hall–Kier alpha value is -1.90. The molecule has 0 bridgehead atoms.